The number of unbranched alkanes of at least 4 members (excludes halogenated alkanes) is 51. The monoisotopic (exact) mass is 1040 g/mol. The number of carbonyl (C=O) groups is 2. The van der Waals surface area contributed by atoms with Crippen LogP contribution in [0.25, 0.3) is 0 Å². The Morgan fingerprint density at radius 3 is 0.959 bits per heavy atom. The Morgan fingerprint density at radius 1 is 0.365 bits per heavy atom. The summed E-state index contributed by atoms with van der Waals surface area (Å²) in [6, 6.07) is -0.537. The van der Waals surface area contributed by atoms with Crippen LogP contribution in [0.5, 0.6) is 0 Å². The summed E-state index contributed by atoms with van der Waals surface area (Å²) in [5, 5.41) is 23.2. The van der Waals surface area contributed by atoms with Crippen molar-refractivity contribution in [1.29, 1.82) is 0 Å². The van der Waals surface area contributed by atoms with Crippen molar-refractivity contribution in [3.63, 3.8) is 0 Å². The lowest BCUT2D eigenvalue weighted by atomic mass is 10.0. The predicted molar refractivity (Wildman–Crippen MR) is 324 cm³/mol. The van der Waals surface area contributed by atoms with Gasteiger partial charge in [-0.1, -0.05) is 334 Å². The molecular formula is C68H133NO5. The lowest BCUT2D eigenvalue weighted by Crippen LogP contribution is -2.45. The Balaban J connectivity index is 3.31. The molecular weight excluding hydrogens is 911 g/mol. The van der Waals surface area contributed by atoms with E-state index in [0.29, 0.717) is 25.9 Å². The molecule has 0 aromatic carbocycles. The summed E-state index contributed by atoms with van der Waals surface area (Å²) >= 11 is 0. The van der Waals surface area contributed by atoms with Gasteiger partial charge in [0.2, 0.25) is 5.91 Å². The van der Waals surface area contributed by atoms with Gasteiger partial charge in [0.1, 0.15) is 0 Å². The van der Waals surface area contributed by atoms with Crippen LogP contribution in [0, 0.1) is 0 Å². The molecule has 0 aliphatic heterocycles. The summed E-state index contributed by atoms with van der Waals surface area (Å²) in [6.45, 7) is 4.97. The second-order valence-electron chi connectivity index (χ2n) is 23.5. The number of hydrogen-bond acceptors (Lipinski definition) is 5. The zero-order valence-corrected chi connectivity index (χ0v) is 50.4. The number of aliphatic hydroxyl groups is 2. The van der Waals surface area contributed by atoms with E-state index in [2.05, 4.69) is 31.3 Å². The molecule has 0 aliphatic rings. The molecule has 6 nitrogen and oxygen atoms in total. The summed E-state index contributed by atoms with van der Waals surface area (Å²) in [5.41, 5.74) is 0. The van der Waals surface area contributed by atoms with Crippen molar-refractivity contribution >= 4 is 11.9 Å². The average Bonchev–Trinajstić information content (AvgIpc) is 3.40. The number of carbonyl (C=O) groups excluding carboxylic acids is 2. The quantitative estimate of drug-likeness (QED) is 0.0320. The second-order valence-corrected chi connectivity index (χ2v) is 23.5. The minimum Gasteiger partial charge on any atom is -0.466 e. The zero-order chi connectivity index (χ0) is 53.6. The molecule has 0 heterocycles. The van der Waals surface area contributed by atoms with Gasteiger partial charge in [-0.2, -0.15) is 0 Å². The summed E-state index contributed by atoms with van der Waals surface area (Å²) in [5.74, 6) is -0.0139. The van der Waals surface area contributed by atoms with Crippen LogP contribution in [0.4, 0.5) is 0 Å². The molecule has 2 atom stereocenters. The number of hydrogen-bond donors (Lipinski definition) is 3. The van der Waals surface area contributed by atoms with Gasteiger partial charge in [0.05, 0.1) is 25.4 Å². The Labute approximate surface area is 463 Å². The first-order chi connectivity index (χ1) is 36.5. The van der Waals surface area contributed by atoms with E-state index in [4.69, 9.17) is 4.74 Å². The number of rotatable bonds is 64. The number of nitrogens with one attached hydrogen (secondary N) is 1. The highest BCUT2D eigenvalue weighted by Gasteiger charge is 2.20. The minimum atomic E-state index is -0.660. The molecule has 1 amide bonds. The number of aliphatic hydroxyl groups excluding tert-OH is 2. The highest BCUT2D eigenvalue weighted by atomic mass is 16.5. The maximum Gasteiger partial charge on any atom is 0.305 e. The summed E-state index contributed by atoms with van der Waals surface area (Å²) < 4.78 is 5.50. The van der Waals surface area contributed by atoms with Crippen LogP contribution in [0.1, 0.15) is 386 Å². The van der Waals surface area contributed by atoms with Gasteiger partial charge in [-0.05, 0) is 51.4 Å². The van der Waals surface area contributed by atoms with E-state index in [1.165, 1.54) is 308 Å². The molecule has 0 saturated heterocycles. The fourth-order valence-corrected chi connectivity index (χ4v) is 10.9. The lowest BCUT2D eigenvalue weighted by molar-refractivity contribution is -0.143. The van der Waals surface area contributed by atoms with Crippen molar-refractivity contribution in [2.75, 3.05) is 13.2 Å². The normalized spacial score (nSPS) is 12.5. The lowest BCUT2D eigenvalue weighted by Gasteiger charge is -2.22. The largest absolute Gasteiger partial charge is 0.466 e. The van der Waals surface area contributed by atoms with Crippen molar-refractivity contribution in [3.05, 3.63) is 12.2 Å². The van der Waals surface area contributed by atoms with Crippen LogP contribution in [-0.4, -0.2) is 47.4 Å². The average molecular weight is 1040 g/mol. The molecule has 0 bridgehead atoms. The van der Waals surface area contributed by atoms with Gasteiger partial charge < -0.3 is 20.3 Å². The molecule has 0 saturated carbocycles. The Kier molecular flexibility index (Phi) is 62.9. The third-order valence-corrected chi connectivity index (χ3v) is 16.1. The Morgan fingerprint density at radius 2 is 0.635 bits per heavy atom. The zero-order valence-electron chi connectivity index (χ0n) is 50.4. The predicted octanol–water partition coefficient (Wildman–Crippen LogP) is 21.6. The van der Waals surface area contributed by atoms with Gasteiger partial charge in [-0.15, -0.1) is 0 Å². The van der Waals surface area contributed by atoms with E-state index in [0.717, 1.165) is 44.9 Å². The Hall–Kier alpha value is -1.40. The molecule has 0 aromatic rings. The van der Waals surface area contributed by atoms with Crippen LogP contribution >= 0.6 is 0 Å². The SMILES string of the molecule is CCCCCCCC/C=C\CCCCCCCCCC(=O)OCCCCCCCCCCCCCCCCCCCCCCCCCCCCCCC(=O)NC(CO)C(O)CCCCCCCCCCCCCC. The van der Waals surface area contributed by atoms with Crippen molar-refractivity contribution in [2.45, 2.75) is 398 Å². The third-order valence-electron chi connectivity index (χ3n) is 16.1. The van der Waals surface area contributed by atoms with Gasteiger partial charge in [0, 0.05) is 12.8 Å². The van der Waals surface area contributed by atoms with E-state index in [-0.39, 0.29) is 18.5 Å². The van der Waals surface area contributed by atoms with E-state index < -0.39 is 12.1 Å². The second kappa shape index (κ2) is 64.1. The molecule has 0 fully saturated rings. The maximum absolute atomic E-state index is 12.5. The molecule has 0 spiro atoms. The van der Waals surface area contributed by atoms with Crippen molar-refractivity contribution < 1.29 is 24.5 Å². The first-order valence-electron chi connectivity index (χ1n) is 33.9. The van der Waals surface area contributed by atoms with Crippen LogP contribution in [0.3, 0.4) is 0 Å². The summed E-state index contributed by atoms with van der Waals surface area (Å²) in [4.78, 5) is 24.6. The van der Waals surface area contributed by atoms with Crippen molar-refractivity contribution in [1.82, 2.24) is 5.32 Å². The van der Waals surface area contributed by atoms with Gasteiger partial charge in [0.25, 0.3) is 0 Å². The van der Waals surface area contributed by atoms with Crippen LogP contribution in [0.2, 0.25) is 0 Å². The van der Waals surface area contributed by atoms with Gasteiger partial charge in [-0.3, -0.25) is 9.59 Å². The fraction of sp³-hybridized carbons (Fsp3) is 0.941. The molecule has 0 rings (SSSR count). The molecule has 0 aliphatic carbocycles. The topological polar surface area (TPSA) is 95.9 Å². The van der Waals surface area contributed by atoms with Crippen molar-refractivity contribution in [2.24, 2.45) is 0 Å². The summed E-state index contributed by atoms with van der Waals surface area (Å²) in [6.07, 6.45) is 78.3. The van der Waals surface area contributed by atoms with Crippen LogP contribution < -0.4 is 5.32 Å². The van der Waals surface area contributed by atoms with E-state index in [1.54, 1.807) is 0 Å². The number of ether oxygens (including phenoxy) is 1. The molecule has 6 heteroatoms. The highest BCUT2D eigenvalue weighted by molar-refractivity contribution is 5.76. The molecule has 2 unspecified atom stereocenters. The van der Waals surface area contributed by atoms with E-state index in [9.17, 15) is 19.8 Å². The molecule has 0 radical (unpaired) electrons. The number of amides is 1. The van der Waals surface area contributed by atoms with Crippen LogP contribution in [0.15, 0.2) is 12.2 Å². The molecule has 3 N–H and O–H groups in total. The Bertz CT molecular complexity index is 1110. The van der Waals surface area contributed by atoms with Gasteiger partial charge in [0.15, 0.2) is 0 Å². The van der Waals surface area contributed by atoms with Gasteiger partial charge in [-0.25, -0.2) is 0 Å². The number of esters is 1. The minimum absolute atomic E-state index is 0.0163. The highest BCUT2D eigenvalue weighted by Crippen LogP contribution is 2.19. The van der Waals surface area contributed by atoms with Crippen LogP contribution in [-0.2, 0) is 14.3 Å². The molecule has 0 aromatic heterocycles. The first-order valence-corrected chi connectivity index (χ1v) is 33.9. The van der Waals surface area contributed by atoms with E-state index >= 15 is 0 Å². The third kappa shape index (κ3) is 59.8. The van der Waals surface area contributed by atoms with Crippen molar-refractivity contribution in [3.8, 4) is 0 Å². The smallest absolute Gasteiger partial charge is 0.305 e. The fourth-order valence-electron chi connectivity index (χ4n) is 10.9. The first kappa shape index (κ1) is 72.6. The standard InChI is InChI=1S/C68H133NO5/c1-3-5-7-9-11-13-15-17-18-31-35-38-42-46-50-54-58-62-68(73)74-63-59-55-51-47-43-39-36-33-30-28-26-24-22-20-19-21-23-25-27-29-32-34-37-41-45-49-53-57-61-67(72)69-65(64-70)66(71)60-56-52-48-44-40-16-14-12-10-8-6-4-2/h17-18,65-66,70-71H,3-16,19-64H2,1-2H3,(H,69,72)/b18-17-. The number of allylic oxidation sites excluding steroid dienone is 2. The maximum atomic E-state index is 12.5. The molecule has 74 heavy (non-hydrogen) atoms. The molecule has 440 valence electrons. The van der Waals surface area contributed by atoms with Gasteiger partial charge >= 0.3 is 5.97 Å². The summed E-state index contributed by atoms with van der Waals surface area (Å²) in [7, 11) is 0. The van der Waals surface area contributed by atoms with E-state index in [1.807, 2.05) is 0 Å².